The van der Waals surface area contributed by atoms with E-state index in [-0.39, 0.29) is 0 Å². The van der Waals surface area contributed by atoms with Crippen molar-refractivity contribution in [2.45, 2.75) is 52.1 Å². The van der Waals surface area contributed by atoms with Crippen LogP contribution in [0.3, 0.4) is 0 Å². The van der Waals surface area contributed by atoms with Crippen LogP contribution in [0.15, 0.2) is 24.3 Å². The van der Waals surface area contributed by atoms with Crippen LogP contribution in [-0.2, 0) is 6.54 Å². The lowest BCUT2D eigenvalue weighted by Crippen LogP contribution is -2.31. The largest absolute Gasteiger partial charge is 0.398 e. The molecule has 1 aromatic rings. The number of nitrogens with two attached hydrogens (primary N) is 1. The molecule has 0 bridgehead atoms. The van der Waals surface area contributed by atoms with E-state index in [0.29, 0.717) is 0 Å². The molecule has 0 heterocycles. The first-order valence-electron chi connectivity index (χ1n) is 7.32. The number of hydrogen-bond donors (Lipinski definition) is 1. The Morgan fingerprint density at radius 1 is 1.22 bits per heavy atom. The molecule has 1 aliphatic rings. The van der Waals surface area contributed by atoms with Gasteiger partial charge in [-0.1, -0.05) is 44.9 Å². The van der Waals surface area contributed by atoms with Crippen molar-refractivity contribution in [3.8, 4) is 0 Å². The number of benzene rings is 1. The first-order valence-corrected chi connectivity index (χ1v) is 7.32. The molecule has 0 radical (unpaired) electrons. The van der Waals surface area contributed by atoms with Gasteiger partial charge in [0.1, 0.15) is 0 Å². The molecule has 0 aromatic heterocycles. The summed E-state index contributed by atoms with van der Waals surface area (Å²) in [5.41, 5.74) is 8.28. The molecule has 2 nitrogen and oxygen atoms in total. The van der Waals surface area contributed by atoms with E-state index in [1.807, 2.05) is 12.1 Å². The minimum atomic E-state index is 0.810. The van der Waals surface area contributed by atoms with Gasteiger partial charge in [-0.15, -0.1) is 0 Å². The molecule has 1 aliphatic carbocycles. The lowest BCUT2D eigenvalue weighted by atomic mass is 10.0. The standard InChI is InChI=1S/C16H26N2/c1-3-13(4-2)11-18(15-9-10-15)12-14-7-5-6-8-16(14)17/h5-8,13,15H,3-4,9-12,17H2,1-2H3. The topological polar surface area (TPSA) is 29.3 Å². The van der Waals surface area contributed by atoms with Gasteiger partial charge in [0.05, 0.1) is 0 Å². The third-order valence-corrected chi connectivity index (χ3v) is 4.14. The summed E-state index contributed by atoms with van der Waals surface area (Å²) in [6.07, 6.45) is 5.30. The second kappa shape index (κ2) is 6.24. The molecule has 18 heavy (non-hydrogen) atoms. The average molecular weight is 246 g/mol. The lowest BCUT2D eigenvalue weighted by molar-refractivity contribution is 0.207. The van der Waals surface area contributed by atoms with Gasteiger partial charge in [0.25, 0.3) is 0 Å². The Morgan fingerprint density at radius 3 is 2.44 bits per heavy atom. The predicted octanol–water partition coefficient (Wildman–Crippen LogP) is 3.67. The van der Waals surface area contributed by atoms with Crippen LogP contribution in [0, 0.1) is 5.92 Å². The van der Waals surface area contributed by atoms with E-state index in [4.69, 9.17) is 5.73 Å². The molecular weight excluding hydrogens is 220 g/mol. The maximum atomic E-state index is 6.06. The molecule has 1 fully saturated rings. The third-order valence-electron chi connectivity index (χ3n) is 4.14. The predicted molar refractivity (Wildman–Crippen MR) is 78.4 cm³/mol. The maximum Gasteiger partial charge on any atom is 0.0359 e. The molecule has 2 N–H and O–H groups in total. The summed E-state index contributed by atoms with van der Waals surface area (Å²) >= 11 is 0. The molecule has 0 amide bonds. The van der Waals surface area contributed by atoms with Crippen LogP contribution in [0.1, 0.15) is 45.1 Å². The number of nitrogen functional groups attached to an aromatic ring is 1. The highest BCUT2D eigenvalue weighted by atomic mass is 15.2. The first-order chi connectivity index (χ1) is 8.74. The minimum Gasteiger partial charge on any atom is -0.398 e. The molecule has 1 saturated carbocycles. The van der Waals surface area contributed by atoms with E-state index in [9.17, 15) is 0 Å². The summed E-state index contributed by atoms with van der Waals surface area (Å²) in [4.78, 5) is 2.64. The molecule has 0 atom stereocenters. The summed E-state index contributed by atoms with van der Waals surface area (Å²) in [7, 11) is 0. The van der Waals surface area contributed by atoms with Crippen molar-refractivity contribution >= 4 is 5.69 Å². The Bertz CT molecular complexity index is 367. The normalized spacial score (nSPS) is 15.6. The van der Waals surface area contributed by atoms with Gasteiger partial charge in [-0.3, -0.25) is 4.90 Å². The smallest absolute Gasteiger partial charge is 0.0359 e. The minimum absolute atomic E-state index is 0.810. The summed E-state index contributed by atoms with van der Waals surface area (Å²) in [5, 5.41) is 0. The average Bonchev–Trinajstić information content (AvgIpc) is 3.21. The van der Waals surface area contributed by atoms with Crippen molar-refractivity contribution < 1.29 is 0 Å². The van der Waals surface area contributed by atoms with E-state index in [2.05, 4.69) is 30.9 Å². The summed E-state index contributed by atoms with van der Waals surface area (Å²) in [6, 6.07) is 9.09. The van der Waals surface area contributed by atoms with Gasteiger partial charge in [-0.05, 0) is 30.4 Å². The van der Waals surface area contributed by atoms with Crippen molar-refractivity contribution in [3.63, 3.8) is 0 Å². The van der Waals surface area contributed by atoms with E-state index >= 15 is 0 Å². The molecule has 2 heteroatoms. The molecule has 0 saturated heterocycles. The van der Waals surface area contributed by atoms with Gasteiger partial charge in [0.15, 0.2) is 0 Å². The highest BCUT2D eigenvalue weighted by Gasteiger charge is 2.30. The van der Waals surface area contributed by atoms with Gasteiger partial charge in [-0.25, -0.2) is 0 Å². The molecule has 0 spiro atoms. The number of para-hydroxylation sites is 1. The van der Waals surface area contributed by atoms with Crippen molar-refractivity contribution in [3.05, 3.63) is 29.8 Å². The van der Waals surface area contributed by atoms with Gasteiger partial charge >= 0.3 is 0 Å². The van der Waals surface area contributed by atoms with Crippen molar-refractivity contribution in [1.82, 2.24) is 4.90 Å². The Kier molecular flexibility index (Phi) is 4.65. The second-order valence-corrected chi connectivity index (χ2v) is 5.54. The zero-order valence-corrected chi connectivity index (χ0v) is 11.7. The first kappa shape index (κ1) is 13.4. The number of rotatable bonds is 7. The van der Waals surface area contributed by atoms with Crippen LogP contribution >= 0.6 is 0 Å². The van der Waals surface area contributed by atoms with E-state index in [0.717, 1.165) is 24.2 Å². The van der Waals surface area contributed by atoms with Crippen LogP contribution < -0.4 is 5.73 Å². The Hall–Kier alpha value is -1.02. The lowest BCUT2D eigenvalue weighted by Gasteiger charge is -2.27. The zero-order chi connectivity index (χ0) is 13.0. The highest BCUT2D eigenvalue weighted by molar-refractivity contribution is 5.46. The highest BCUT2D eigenvalue weighted by Crippen LogP contribution is 2.30. The summed E-state index contributed by atoms with van der Waals surface area (Å²) < 4.78 is 0. The Labute approximate surface area is 111 Å². The van der Waals surface area contributed by atoms with Gasteiger partial charge in [-0.2, -0.15) is 0 Å². The number of hydrogen-bond acceptors (Lipinski definition) is 2. The van der Waals surface area contributed by atoms with Gasteiger partial charge in [0, 0.05) is 24.8 Å². The quantitative estimate of drug-likeness (QED) is 0.744. The zero-order valence-electron chi connectivity index (χ0n) is 11.7. The van der Waals surface area contributed by atoms with Crippen LogP contribution in [0.2, 0.25) is 0 Å². The van der Waals surface area contributed by atoms with E-state index in [1.165, 1.54) is 37.8 Å². The van der Waals surface area contributed by atoms with Crippen LogP contribution in [-0.4, -0.2) is 17.5 Å². The Balaban J connectivity index is 2.00. The number of anilines is 1. The van der Waals surface area contributed by atoms with Crippen LogP contribution in [0.5, 0.6) is 0 Å². The van der Waals surface area contributed by atoms with Crippen molar-refractivity contribution in [2.24, 2.45) is 5.92 Å². The SMILES string of the molecule is CCC(CC)CN(Cc1ccccc1N)C1CC1. The summed E-state index contributed by atoms with van der Waals surface area (Å²) in [5.74, 6) is 0.829. The fourth-order valence-corrected chi connectivity index (χ4v) is 2.56. The van der Waals surface area contributed by atoms with Crippen molar-refractivity contribution in [1.29, 1.82) is 0 Å². The van der Waals surface area contributed by atoms with E-state index < -0.39 is 0 Å². The van der Waals surface area contributed by atoms with Gasteiger partial charge in [0.2, 0.25) is 0 Å². The van der Waals surface area contributed by atoms with E-state index in [1.54, 1.807) is 0 Å². The van der Waals surface area contributed by atoms with Gasteiger partial charge < -0.3 is 5.73 Å². The Morgan fingerprint density at radius 2 is 1.89 bits per heavy atom. The second-order valence-electron chi connectivity index (χ2n) is 5.54. The fourth-order valence-electron chi connectivity index (χ4n) is 2.56. The molecule has 1 aromatic carbocycles. The molecular formula is C16H26N2. The number of nitrogens with zero attached hydrogens (tertiary/aromatic N) is 1. The summed E-state index contributed by atoms with van der Waals surface area (Å²) in [6.45, 7) is 6.85. The van der Waals surface area contributed by atoms with Crippen molar-refractivity contribution in [2.75, 3.05) is 12.3 Å². The van der Waals surface area contributed by atoms with Crippen LogP contribution in [0.25, 0.3) is 0 Å². The van der Waals surface area contributed by atoms with Crippen LogP contribution in [0.4, 0.5) is 5.69 Å². The molecule has 100 valence electrons. The molecule has 0 unspecified atom stereocenters. The molecule has 2 rings (SSSR count). The molecule has 0 aliphatic heterocycles. The maximum absolute atomic E-state index is 6.06. The monoisotopic (exact) mass is 246 g/mol. The third kappa shape index (κ3) is 3.49. The fraction of sp³-hybridized carbons (Fsp3) is 0.625.